The monoisotopic (exact) mass is 460 g/mol. The van der Waals surface area contributed by atoms with Crippen molar-refractivity contribution in [3.8, 4) is 0 Å². The molecule has 1 aliphatic rings. The molecule has 4 rings (SSSR count). The number of amides is 1. The minimum Gasteiger partial charge on any atom is -0.322 e. The van der Waals surface area contributed by atoms with Crippen LogP contribution in [-0.4, -0.2) is 61.2 Å². The Morgan fingerprint density at radius 3 is 2.59 bits per heavy atom. The number of anilines is 1. The number of sulfonamides is 1. The molecule has 2 heterocycles. The minimum absolute atomic E-state index is 0.0566. The number of para-hydroxylation sites is 1. The molecule has 1 N–H and O–H groups in total. The number of piperazine rings is 1. The van der Waals surface area contributed by atoms with Crippen molar-refractivity contribution in [1.82, 2.24) is 14.2 Å². The van der Waals surface area contributed by atoms with Crippen molar-refractivity contribution >= 4 is 32.5 Å². The normalized spacial score (nSPS) is 15.7. The molecule has 10 heteroatoms. The van der Waals surface area contributed by atoms with Gasteiger partial charge < -0.3 is 5.32 Å². The Kier molecular flexibility index (Phi) is 6.18. The summed E-state index contributed by atoms with van der Waals surface area (Å²) < 4.78 is 54.8. The summed E-state index contributed by atoms with van der Waals surface area (Å²) in [5.41, 5.74) is 1.14. The molecule has 0 bridgehead atoms. The van der Waals surface area contributed by atoms with Gasteiger partial charge in [0.15, 0.2) is 0 Å². The van der Waals surface area contributed by atoms with Gasteiger partial charge in [-0.3, -0.25) is 14.7 Å². The summed E-state index contributed by atoms with van der Waals surface area (Å²) in [4.78, 5) is 18.5. The lowest BCUT2D eigenvalue weighted by molar-refractivity contribution is -0.117. The van der Waals surface area contributed by atoms with Crippen LogP contribution in [0.5, 0.6) is 0 Å². The van der Waals surface area contributed by atoms with E-state index >= 15 is 0 Å². The highest BCUT2D eigenvalue weighted by Gasteiger charge is 2.30. The molecule has 1 aliphatic heterocycles. The molecule has 2 aromatic carbocycles. The summed E-state index contributed by atoms with van der Waals surface area (Å²) >= 11 is 0. The van der Waals surface area contributed by atoms with Crippen LogP contribution in [0.4, 0.5) is 14.5 Å². The third-order valence-corrected chi connectivity index (χ3v) is 7.26. The fraction of sp³-hybridized carbons (Fsp3) is 0.273. The van der Waals surface area contributed by atoms with Crippen molar-refractivity contribution < 1.29 is 22.0 Å². The van der Waals surface area contributed by atoms with E-state index in [4.69, 9.17) is 0 Å². The van der Waals surface area contributed by atoms with Gasteiger partial charge in [-0.05, 0) is 36.8 Å². The molecule has 3 aromatic rings. The Hall–Kier alpha value is -2.95. The van der Waals surface area contributed by atoms with Crippen LogP contribution < -0.4 is 5.32 Å². The standard InChI is InChI=1S/C22H22F2N4O3S/c1-15-11-16-3-2-4-20(22(16)25-13-15)32(30,31)28-9-7-27(8-10-28)14-21(29)26-19-12-17(23)5-6-18(19)24/h2-6,11-13H,7-10,14H2,1H3,(H,26,29). The van der Waals surface area contributed by atoms with E-state index in [1.54, 1.807) is 23.2 Å². The Morgan fingerprint density at radius 1 is 1.09 bits per heavy atom. The maximum absolute atomic E-state index is 13.7. The third-order valence-electron chi connectivity index (χ3n) is 5.33. The Balaban J connectivity index is 1.41. The molecule has 1 amide bonds. The van der Waals surface area contributed by atoms with Gasteiger partial charge in [0.25, 0.3) is 0 Å². The van der Waals surface area contributed by atoms with Gasteiger partial charge in [-0.1, -0.05) is 12.1 Å². The molecule has 7 nitrogen and oxygen atoms in total. The first-order chi connectivity index (χ1) is 15.2. The second kappa shape index (κ2) is 8.89. The van der Waals surface area contributed by atoms with Crippen LogP contribution >= 0.6 is 0 Å². The molecule has 0 atom stereocenters. The number of halogens is 2. The van der Waals surface area contributed by atoms with Gasteiger partial charge in [0, 0.05) is 43.8 Å². The number of hydrogen-bond acceptors (Lipinski definition) is 5. The molecule has 0 aliphatic carbocycles. The van der Waals surface area contributed by atoms with Gasteiger partial charge in [-0.15, -0.1) is 0 Å². The first kappa shape index (κ1) is 22.3. The number of carbonyl (C=O) groups is 1. The summed E-state index contributed by atoms with van der Waals surface area (Å²) in [6.45, 7) is 2.90. The number of rotatable bonds is 5. The number of hydrogen-bond donors (Lipinski definition) is 1. The zero-order valence-corrected chi connectivity index (χ0v) is 18.2. The van der Waals surface area contributed by atoms with E-state index in [2.05, 4.69) is 10.3 Å². The number of benzene rings is 2. The fourth-order valence-electron chi connectivity index (χ4n) is 3.70. The summed E-state index contributed by atoms with van der Waals surface area (Å²) in [6, 6.07) is 9.79. The van der Waals surface area contributed by atoms with Crippen LogP contribution in [0.3, 0.4) is 0 Å². The maximum Gasteiger partial charge on any atom is 0.245 e. The van der Waals surface area contributed by atoms with Gasteiger partial charge in [0.1, 0.15) is 16.5 Å². The maximum atomic E-state index is 13.7. The van der Waals surface area contributed by atoms with Gasteiger partial charge in [-0.25, -0.2) is 17.2 Å². The molecule has 0 radical (unpaired) electrons. The van der Waals surface area contributed by atoms with Crippen molar-refractivity contribution in [3.63, 3.8) is 0 Å². The second-order valence-electron chi connectivity index (χ2n) is 7.69. The van der Waals surface area contributed by atoms with Gasteiger partial charge in [0.05, 0.1) is 17.7 Å². The van der Waals surface area contributed by atoms with E-state index in [1.807, 2.05) is 19.1 Å². The highest BCUT2D eigenvalue weighted by atomic mass is 32.2. The Labute approximate surface area is 184 Å². The fourth-order valence-corrected chi connectivity index (χ4v) is 5.29. The first-order valence-electron chi connectivity index (χ1n) is 10.1. The lowest BCUT2D eigenvalue weighted by atomic mass is 10.2. The second-order valence-corrected chi connectivity index (χ2v) is 9.60. The van der Waals surface area contributed by atoms with Crippen LogP contribution in [0.25, 0.3) is 10.9 Å². The molecular formula is C22H22F2N4O3S. The van der Waals surface area contributed by atoms with Crippen molar-refractivity contribution in [2.24, 2.45) is 0 Å². The molecule has 0 spiro atoms. The summed E-state index contributed by atoms with van der Waals surface area (Å²) in [5, 5.41) is 3.11. The third kappa shape index (κ3) is 4.62. The molecule has 1 saturated heterocycles. The molecule has 168 valence electrons. The van der Waals surface area contributed by atoms with Crippen LogP contribution in [0.15, 0.2) is 53.6 Å². The van der Waals surface area contributed by atoms with E-state index in [-0.39, 0.29) is 30.2 Å². The molecule has 32 heavy (non-hydrogen) atoms. The van der Waals surface area contributed by atoms with Crippen LogP contribution in [0, 0.1) is 18.6 Å². The van der Waals surface area contributed by atoms with Crippen LogP contribution in [0.1, 0.15) is 5.56 Å². The minimum atomic E-state index is -3.76. The number of pyridine rings is 1. The highest BCUT2D eigenvalue weighted by Crippen LogP contribution is 2.25. The number of nitrogens with one attached hydrogen (secondary N) is 1. The van der Waals surface area contributed by atoms with E-state index in [0.29, 0.717) is 18.6 Å². The van der Waals surface area contributed by atoms with Crippen molar-refractivity contribution in [3.05, 3.63) is 65.9 Å². The predicted octanol–water partition coefficient (Wildman–Crippen LogP) is 2.77. The van der Waals surface area contributed by atoms with Crippen molar-refractivity contribution in [2.75, 3.05) is 38.0 Å². The summed E-state index contributed by atoms with van der Waals surface area (Å²) in [5.74, 6) is -1.88. The van der Waals surface area contributed by atoms with E-state index in [9.17, 15) is 22.0 Å². The Morgan fingerprint density at radius 2 is 1.84 bits per heavy atom. The largest absolute Gasteiger partial charge is 0.322 e. The molecule has 1 aromatic heterocycles. The molecule has 0 saturated carbocycles. The molecule has 0 unspecified atom stereocenters. The molecule has 1 fully saturated rings. The Bertz CT molecular complexity index is 1280. The average molecular weight is 461 g/mol. The average Bonchev–Trinajstić information content (AvgIpc) is 2.76. The van der Waals surface area contributed by atoms with Gasteiger partial charge in [0.2, 0.25) is 15.9 Å². The topological polar surface area (TPSA) is 82.6 Å². The smallest absolute Gasteiger partial charge is 0.245 e. The van der Waals surface area contributed by atoms with E-state index in [1.165, 1.54) is 4.31 Å². The first-order valence-corrected chi connectivity index (χ1v) is 11.5. The number of fused-ring (bicyclic) bond motifs is 1. The SMILES string of the molecule is Cc1cnc2c(S(=O)(=O)N3CCN(CC(=O)Nc4cc(F)ccc4F)CC3)cccc2c1. The highest BCUT2D eigenvalue weighted by molar-refractivity contribution is 7.89. The van der Waals surface area contributed by atoms with Crippen LogP contribution in [0.2, 0.25) is 0 Å². The zero-order valence-electron chi connectivity index (χ0n) is 17.4. The van der Waals surface area contributed by atoms with Crippen molar-refractivity contribution in [1.29, 1.82) is 0 Å². The van der Waals surface area contributed by atoms with Crippen LogP contribution in [-0.2, 0) is 14.8 Å². The number of nitrogens with zero attached hydrogens (tertiary/aromatic N) is 3. The number of carbonyl (C=O) groups excluding carboxylic acids is 1. The van der Waals surface area contributed by atoms with Gasteiger partial charge in [-0.2, -0.15) is 4.31 Å². The van der Waals surface area contributed by atoms with E-state index in [0.717, 1.165) is 29.1 Å². The zero-order chi connectivity index (χ0) is 22.9. The molecular weight excluding hydrogens is 438 g/mol. The summed E-state index contributed by atoms with van der Waals surface area (Å²) in [6.07, 6.45) is 1.64. The quantitative estimate of drug-likeness (QED) is 0.633. The predicted molar refractivity (Wildman–Crippen MR) is 117 cm³/mol. The lowest BCUT2D eigenvalue weighted by Crippen LogP contribution is -2.50. The van der Waals surface area contributed by atoms with E-state index < -0.39 is 27.6 Å². The van der Waals surface area contributed by atoms with Gasteiger partial charge >= 0.3 is 0 Å². The number of aryl methyl sites for hydroxylation is 1. The number of aromatic nitrogens is 1. The van der Waals surface area contributed by atoms with Crippen molar-refractivity contribution in [2.45, 2.75) is 11.8 Å². The summed E-state index contributed by atoms with van der Waals surface area (Å²) in [7, 11) is -3.76. The lowest BCUT2D eigenvalue weighted by Gasteiger charge is -2.33.